The second-order valence-corrected chi connectivity index (χ2v) is 23.0. The summed E-state index contributed by atoms with van der Waals surface area (Å²) in [6.07, 6.45) is 64.9. The van der Waals surface area contributed by atoms with E-state index in [1.54, 1.807) is 0 Å². The molecule has 0 saturated carbocycles. The highest BCUT2D eigenvalue weighted by molar-refractivity contribution is 7.47. The molecular formula is C62H116N2O7P+. The van der Waals surface area contributed by atoms with Crippen LogP contribution in [0.25, 0.3) is 0 Å². The van der Waals surface area contributed by atoms with E-state index in [1.807, 2.05) is 33.3 Å². The smallest absolute Gasteiger partial charge is 0.456 e. The molecule has 9 nitrogen and oxygen atoms in total. The summed E-state index contributed by atoms with van der Waals surface area (Å²) in [5.74, 6) is -0.535. The van der Waals surface area contributed by atoms with E-state index >= 15 is 0 Å². The molecule has 0 aliphatic carbocycles. The third-order valence-electron chi connectivity index (χ3n) is 13.2. The Bertz CT molecular complexity index is 1420. The van der Waals surface area contributed by atoms with E-state index in [-0.39, 0.29) is 31.5 Å². The van der Waals surface area contributed by atoms with Gasteiger partial charge in [-0.25, -0.2) is 4.57 Å². The van der Waals surface area contributed by atoms with Crippen LogP contribution in [0.15, 0.2) is 60.8 Å². The number of carbonyl (C=O) groups is 2. The first-order valence-corrected chi connectivity index (χ1v) is 31.6. The lowest BCUT2D eigenvalue weighted by Gasteiger charge is -2.27. The number of phosphoric ester groups is 1. The number of likely N-dealkylation sites (N-methyl/N-ethyl adjacent to an activating group) is 1. The molecule has 0 aliphatic heterocycles. The lowest BCUT2D eigenvalue weighted by Crippen LogP contribution is -2.47. The van der Waals surface area contributed by atoms with E-state index in [0.717, 1.165) is 77.0 Å². The minimum absolute atomic E-state index is 0.0348. The van der Waals surface area contributed by atoms with Crippen molar-refractivity contribution in [2.24, 2.45) is 0 Å². The van der Waals surface area contributed by atoms with Crippen molar-refractivity contribution in [2.45, 2.75) is 283 Å². The fraction of sp³-hybridized carbons (Fsp3) is 0.806. The van der Waals surface area contributed by atoms with Gasteiger partial charge in [0.25, 0.3) is 0 Å². The van der Waals surface area contributed by atoms with Crippen LogP contribution in [0.5, 0.6) is 0 Å². The molecule has 0 aromatic heterocycles. The number of amides is 1. The molecular weight excluding hydrogens is 916 g/mol. The number of ether oxygens (including phenoxy) is 1. The number of allylic oxidation sites excluding steroid dienone is 9. The summed E-state index contributed by atoms with van der Waals surface area (Å²) in [5, 5.41) is 3.05. The van der Waals surface area contributed by atoms with Gasteiger partial charge in [0.15, 0.2) is 0 Å². The van der Waals surface area contributed by atoms with Crippen LogP contribution in [0.2, 0.25) is 0 Å². The average Bonchev–Trinajstić information content (AvgIpc) is 3.34. The topological polar surface area (TPSA) is 111 Å². The Balaban J connectivity index is 5.35. The number of nitrogens with zero attached hydrogens (tertiary/aromatic N) is 1. The molecule has 3 unspecified atom stereocenters. The second kappa shape index (κ2) is 52.2. The standard InChI is InChI=1S/C62H115N2O7P/c1-7-10-13-16-19-22-25-28-30-31-32-33-35-37-40-43-46-49-52-55-62(66)71-60(53-50-47-44-41-38-27-24-21-18-15-12-9-3)59(58-70-72(67,68)69-57-56-64(4,5)6)63-61(65)54-51-48-45-42-39-36-34-29-26-23-20-17-14-11-8-2/h19,22,28,30,32-33,37,40,50,53,59-60H,7-18,20-21,23-27,29,31,34-36,38-39,41-49,51-52,54-58H2,1-6H3,(H-,63,65,67,68)/p+1/b22-19-,30-28-,33-32-,40-37-,53-50+. The lowest BCUT2D eigenvalue weighted by atomic mass is 10.0. The molecule has 2 N–H and O–H groups in total. The maximum absolute atomic E-state index is 13.5. The van der Waals surface area contributed by atoms with Crippen molar-refractivity contribution in [3.8, 4) is 0 Å². The van der Waals surface area contributed by atoms with Crippen molar-refractivity contribution in [3.05, 3.63) is 60.8 Å². The minimum atomic E-state index is -4.45. The Morgan fingerprint density at radius 1 is 0.486 bits per heavy atom. The lowest BCUT2D eigenvalue weighted by molar-refractivity contribution is -0.870. The number of hydrogen-bond donors (Lipinski definition) is 2. The van der Waals surface area contributed by atoms with Gasteiger partial charge in [-0.15, -0.1) is 0 Å². The van der Waals surface area contributed by atoms with Crippen molar-refractivity contribution < 1.29 is 37.3 Å². The molecule has 0 aromatic carbocycles. The van der Waals surface area contributed by atoms with Crippen LogP contribution in [0.4, 0.5) is 0 Å². The van der Waals surface area contributed by atoms with Gasteiger partial charge in [-0.3, -0.25) is 18.6 Å². The van der Waals surface area contributed by atoms with Crippen molar-refractivity contribution >= 4 is 19.7 Å². The summed E-state index contributed by atoms with van der Waals surface area (Å²) < 4.78 is 30.6. The number of phosphoric acid groups is 1. The van der Waals surface area contributed by atoms with E-state index in [4.69, 9.17) is 13.8 Å². The predicted octanol–water partition coefficient (Wildman–Crippen LogP) is 18.3. The normalized spacial score (nSPS) is 14.2. The van der Waals surface area contributed by atoms with Crippen LogP contribution in [-0.2, 0) is 27.9 Å². The molecule has 0 fully saturated rings. The van der Waals surface area contributed by atoms with Crippen molar-refractivity contribution in [3.63, 3.8) is 0 Å². The zero-order chi connectivity index (χ0) is 52.9. The highest BCUT2D eigenvalue weighted by Crippen LogP contribution is 2.43. The largest absolute Gasteiger partial charge is 0.472 e. The predicted molar refractivity (Wildman–Crippen MR) is 309 cm³/mol. The third-order valence-corrected chi connectivity index (χ3v) is 14.2. The number of hydrogen-bond acceptors (Lipinski definition) is 6. The molecule has 0 radical (unpaired) electrons. The Morgan fingerprint density at radius 2 is 0.847 bits per heavy atom. The van der Waals surface area contributed by atoms with E-state index in [2.05, 4.69) is 74.7 Å². The summed E-state index contributed by atoms with van der Waals surface area (Å²) >= 11 is 0. The van der Waals surface area contributed by atoms with Gasteiger partial charge in [0.05, 0.1) is 33.8 Å². The van der Waals surface area contributed by atoms with Crippen molar-refractivity contribution in [2.75, 3.05) is 40.9 Å². The summed E-state index contributed by atoms with van der Waals surface area (Å²) in [6, 6.07) is -0.860. The molecule has 0 aromatic rings. The number of carbonyl (C=O) groups excluding carboxylic acids is 2. The average molecular weight is 1030 g/mol. The monoisotopic (exact) mass is 1030 g/mol. The van der Waals surface area contributed by atoms with Gasteiger partial charge < -0.3 is 19.4 Å². The summed E-state index contributed by atoms with van der Waals surface area (Å²) in [7, 11) is 1.48. The van der Waals surface area contributed by atoms with Crippen LogP contribution < -0.4 is 5.32 Å². The molecule has 10 heteroatoms. The SMILES string of the molecule is CCCCC/C=C\C/C=C\C/C=C\C/C=C\CCCCCC(=O)OC(/C=C/CCCCCCCCCCCC)C(COP(=O)(O)OCC[N+](C)(C)C)NC(=O)CCCCCCCCCCCCCCCCC. The quantitative estimate of drug-likeness (QED) is 0.0205. The van der Waals surface area contributed by atoms with Crippen LogP contribution in [0.1, 0.15) is 271 Å². The van der Waals surface area contributed by atoms with Crippen LogP contribution in [-0.4, -0.2) is 74.3 Å². The van der Waals surface area contributed by atoms with Gasteiger partial charge in [-0.1, -0.05) is 242 Å². The number of unbranched alkanes of at least 4 members (excludes halogenated alkanes) is 30. The molecule has 72 heavy (non-hydrogen) atoms. The fourth-order valence-corrected chi connectivity index (χ4v) is 9.25. The van der Waals surface area contributed by atoms with Gasteiger partial charge >= 0.3 is 13.8 Å². The first-order valence-electron chi connectivity index (χ1n) is 30.1. The van der Waals surface area contributed by atoms with Crippen molar-refractivity contribution in [1.82, 2.24) is 5.32 Å². The number of nitrogens with one attached hydrogen (secondary N) is 1. The summed E-state index contributed by atoms with van der Waals surface area (Å²) in [6.45, 7) is 6.97. The van der Waals surface area contributed by atoms with E-state index < -0.39 is 20.0 Å². The molecule has 0 saturated heterocycles. The molecule has 0 heterocycles. The highest BCUT2D eigenvalue weighted by atomic mass is 31.2. The number of esters is 1. The van der Waals surface area contributed by atoms with Crippen molar-refractivity contribution in [1.29, 1.82) is 0 Å². The third kappa shape index (κ3) is 52.6. The van der Waals surface area contributed by atoms with Gasteiger partial charge in [0, 0.05) is 12.8 Å². The molecule has 0 rings (SSSR count). The van der Waals surface area contributed by atoms with Crippen LogP contribution in [0.3, 0.4) is 0 Å². The van der Waals surface area contributed by atoms with Gasteiger partial charge in [0.2, 0.25) is 5.91 Å². The van der Waals surface area contributed by atoms with Crippen LogP contribution in [0, 0.1) is 0 Å². The molecule has 3 atom stereocenters. The number of quaternary nitrogens is 1. The molecule has 0 aliphatic rings. The van der Waals surface area contributed by atoms with E-state index in [0.29, 0.717) is 23.9 Å². The Labute approximate surface area is 445 Å². The summed E-state index contributed by atoms with van der Waals surface area (Å²) in [4.78, 5) is 37.6. The Morgan fingerprint density at radius 3 is 1.31 bits per heavy atom. The van der Waals surface area contributed by atoms with Gasteiger partial charge in [-0.05, 0) is 76.7 Å². The number of rotatable bonds is 54. The van der Waals surface area contributed by atoms with Crippen LogP contribution >= 0.6 is 7.82 Å². The van der Waals surface area contributed by atoms with E-state index in [1.165, 1.54) is 154 Å². The minimum Gasteiger partial charge on any atom is -0.456 e. The van der Waals surface area contributed by atoms with Gasteiger partial charge in [0.1, 0.15) is 19.3 Å². The zero-order valence-corrected chi connectivity index (χ0v) is 48.8. The van der Waals surface area contributed by atoms with E-state index in [9.17, 15) is 19.0 Å². The maximum Gasteiger partial charge on any atom is 0.472 e. The Kier molecular flexibility index (Phi) is 50.5. The molecule has 1 amide bonds. The Hall–Kier alpha value is -2.29. The van der Waals surface area contributed by atoms with Gasteiger partial charge in [-0.2, -0.15) is 0 Å². The highest BCUT2D eigenvalue weighted by Gasteiger charge is 2.30. The molecule has 420 valence electrons. The molecule has 0 bridgehead atoms. The first kappa shape index (κ1) is 69.7. The zero-order valence-electron chi connectivity index (χ0n) is 47.9. The fourth-order valence-electron chi connectivity index (χ4n) is 8.51. The first-order chi connectivity index (χ1) is 34.9. The molecule has 0 spiro atoms. The maximum atomic E-state index is 13.5. The summed E-state index contributed by atoms with van der Waals surface area (Å²) in [5.41, 5.74) is 0. The second-order valence-electron chi connectivity index (χ2n) is 21.5.